The summed E-state index contributed by atoms with van der Waals surface area (Å²) in [5.74, 6) is 0.321. The van der Waals surface area contributed by atoms with Gasteiger partial charge >= 0.3 is 0 Å². The van der Waals surface area contributed by atoms with Crippen molar-refractivity contribution in [3.63, 3.8) is 0 Å². The number of para-hydroxylation sites is 1. The summed E-state index contributed by atoms with van der Waals surface area (Å²) in [4.78, 5) is 0. The molecule has 0 bridgehead atoms. The fraction of sp³-hybridized carbons (Fsp3) is 0.417. The van der Waals surface area contributed by atoms with Gasteiger partial charge in [-0.1, -0.05) is 6.07 Å². The lowest BCUT2D eigenvalue weighted by Gasteiger charge is -2.21. The van der Waals surface area contributed by atoms with Crippen LogP contribution >= 0.6 is 0 Å². The van der Waals surface area contributed by atoms with Gasteiger partial charge in [0.15, 0.2) is 0 Å². The van der Waals surface area contributed by atoms with Crippen molar-refractivity contribution in [3.8, 4) is 11.8 Å². The Morgan fingerprint density at radius 3 is 2.39 bits per heavy atom. The van der Waals surface area contributed by atoms with Crippen LogP contribution in [0.15, 0.2) is 18.2 Å². The smallest absolute Gasteiger partial charge is 0.237 e. The van der Waals surface area contributed by atoms with Gasteiger partial charge in [0.25, 0.3) is 0 Å². The number of sulfonamides is 1. The lowest BCUT2D eigenvalue weighted by molar-refractivity contribution is 0.416. The zero-order chi connectivity index (χ0) is 14.0. The predicted molar refractivity (Wildman–Crippen MR) is 70.0 cm³/mol. The number of hydrogen-bond acceptors (Lipinski definition) is 4. The molecule has 1 N–H and O–H groups in total. The fourth-order valence-electron chi connectivity index (χ4n) is 1.19. The molecule has 0 spiro atoms. The number of benzene rings is 1. The average Bonchev–Trinajstić information content (AvgIpc) is 2.27. The van der Waals surface area contributed by atoms with E-state index < -0.39 is 14.8 Å². The highest BCUT2D eigenvalue weighted by atomic mass is 32.2. The Balaban J connectivity index is 3.32. The van der Waals surface area contributed by atoms with Crippen molar-refractivity contribution in [2.24, 2.45) is 0 Å². The van der Waals surface area contributed by atoms with Crippen molar-refractivity contribution in [3.05, 3.63) is 23.8 Å². The molecular formula is C12H16N2O3S. The zero-order valence-electron chi connectivity index (χ0n) is 10.8. The maximum absolute atomic E-state index is 12.1. The van der Waals surface area contributed by atoms with Crippen LogP contribution in [0.5, 0.6) is 5.75 Å². The summed E-state index contributed by atoms with van der Waals surface area (Å²) >= 11 is 0. The van der Waals surface area contributed by atoms with Crippen molar-refractivity contribution in [1.82, 2.24) is 0 Å². The maximum atomic E-state index is 12.1. The van der Waals surface area contributed by atoms with E-state index in [0.717, 1.165) is 0 Å². The molecule has 1 aromatic carbocycles. The standard InChI is InChI=1S/C12H16N2O3S/c1-12(2,3)18(15,16)14-11-9(8-13)6-5-7-10(11)17-4/h5-7,14H,1-4H3. The molecule has 0 amide bonds. The summed E-state index contributed by atoms with van der Waals surface area (Å²) in [6.45, 7) is 4.74. The second-order valence-corrected chi connectivity index (χ2v) is 7.15. The third-order valence-corrected chi connectivity index (χ3v) is 4.49. The highest BCUT2D eigenvalue weighted by Gasteiger charge is 2.30. The normalized spacial score (nSPS) is 11.7. The minimum absolute atomic E-state index is 0.178. The van der Waals surface area contributed by atoms with Crippen LogP contribution in [0.1, 0.15) is 26.3 Å². The topological polar surface area (TPSA) is 79.2 Å². The molecule has 0 atom stereocenters. The molecule has 0 radical (unpaired) electrons. The molecule has 0 fully saturated rings. The summed E-state index contributed by atoms with van der Waals surface area (Å²) in [6.07, 6.45) is 0. The van der Waals surface area contributed by atoms with Crippen molar-refractivity contribution in [2.75, 3.05) is 11.8 Å². The molecule has 0 unspecified atom stereocenters. The second kappa shape index (κ2) is 4.86. The van der Waals surface area contributed by atoms with Gasteiger partial charge in [0.2, 0.25) is 10.0 Å². The highest BCUT2D eigenvalue weighted by Crippen LogP contribution is 2.30. The SMILES string of the molecule is COc1cccc(C#N)c1NS(=O)(=O)C(C)(C)C. The van der Waals surface area contributed by atoms with Crippen LogP contribution in [0.2, 0.25) is 0 Å². The van der Waals surface area contributed by atoms with Crippen LogP contribution in [0, 0.1) is 11.3 Å². The third kappa shape index (κ3) is 2.74. The Bertz CT molecular complexity index is 580. The number of rotatable bonds is 3. The number of ether oxygens (including phenoxy) is 1. The van der Waals surface area contributed by atoms with Crippen LogP contribution in [0.25, 0.3) is 0 Å². The van der Waals surface area contributed by atoms with Crippen LogP contribution in [-0.2, 0) is 10.0 Å². The molecule has 6 heteroatoms. The Kier molecular flexibility index (Phi) is 3.87. The van der Waals surface area contributed by atoms with Gasteiger partial charge in [-0.05, 0) is 32.9 Å². The first-order valence-electron chi connectivity index (χ1n) is 5.32. The van der Waals surface area contributed by atoms with Crippen molar-refractivity contribution < 1.29 is 13.2 Å². The van der Waals surface area contributed by atoms with E-state index in [9.17, 15) is 8.42 Å². The van der Waals surface area contributed by atoms with Crippen molar-refractivity contribution >= 4 is 15.7 Å². The van der Waals surface area contributed by atoms with Gasteiger partial charge in [-0.3, -0.25) is 4.72 Å². The molecule has 1 aromatic rings. The van der Waals surface area contributed by atoms with Crippen LogP contribution in [-0.4, -0.2) is 20.3 Å². The van der Waals surface area contributed by atoms with E-state index in [2.05, 4.69) is 4.72 Å². The van der Waals surface area contributed by atoms with E-state index >= 15 is 0 Å². The first-order valence-corrected chi connectivity index (χ1v) is 6.80. The van der Waals surface area contributed by atoms with E-state index in [-0.39, 0.29) is 11.3 Å². The Morgan fingerprint density at radius 1 is 1.33 bits per heavy atom. The minimum Gasteiger partial charge on any atom is -0.495 e. The molecule has 0 aliphatic heterocycles. The molecule has 5 nitrogen and oxygen atoms in total. The summed E-state index contributed by atoms with van der Waals surface area (Å²) in [6, 6.07) is 6.70. The Morgan fingerprint density at radius 2 is 1.94 bits per heavy atom. The number of methoxy groups -OCH3 is 1. The van der Waals surface area contributed by atoms with E-state index in [4.69, 9.17) is 10.00 Å². The molecule has 98 valence electrons. The van der Waals surface area contributed by atoms with Crippen molar-refractivity contribution in [2.45, 2.75) is 25.5 Å². The monoisotopic (exact) mass is 268 g/mol. The van der Waals surface area contributed by atoms with Crippen LogP contribution in [0.4, 0.5) is 5.69 Å². The molecule has 18 heavy (non-hydrogen) atoms. The third-order valence-electron chi connectivity index (χ3n) is 2.41. The maximum Gasteiger partial charge on any atom is 0.237 e. The predicted octanol–water partition coefficient (Wildman–Crippen LogP) is 2.11. The van der Waals surface area contributed by atoms with Crippen LogP contribution < -0.4 is 9.46 Å². The highest BCUT2D eigenvalue weighted by molar-refractivity contribution is 7.94. The first kappa shape index (κ1) is 14.3. The zero-order valence-corrected chi connectivity index (χ0v) is 11.6. The van der Waals surface area contributed by atoms with E-state index in [1.807, 2.05) is 6.07 Å². The van der Waals surface area contributed by atoms with E-state index in [0.29, 0.717) is 5.75 Å². The quantitative estimate of drug-likeness (QED) is 0.910. The Labute approximate surface area is 107 Å². The van der Waals surface area contributed by atoms with Gasteiger partial charge in [-0.25, -0.2) is 8.42 Å². The summed E-state index contributed by atoms with van der Waals surface area (Å²) in [7, 11) is -2.18. The number of hydrogen-bond donors (Lipinski definition) is 1. The largest absolute Gasteiger partial charge is 0.495 e. The number of nitrogens with zero attached hydrogens (tertiary/aromatic N) is 1. The number of nitrogens with one attached hydrogen (secondary N) is 1. The number of anilines is 1. The fourth-order valence-corrected chi connectivity index (χ4v) is 1.97. The molecular weight excluding hydrogens is 252 g/mol. The second-order valence-electron chi connectivity index (χ2n) is 4.71. The number of nitriles is 1. The van der Waals surface area contributed by atoms with E-state index in [1.165, 1.54) is 13.2 Å². The summed E-state index contributed by atoms with van der Waals surface area (Å²) in [5.41, 5.74) is 0.402. The first-order chi connectivity index (χ1) is 8.23. The van der Waals surface area contributed by atoms with Gasteiger partial charge in [-0.2, -0.15) is 5.26 Å². The van der Waals surface area contributed by atoms with Gasteiger partial charge < -0.3 is 4.74 Å². The minimum atomic E-state index is -3.60. The molecule has 0 saturated carbocycles. The summed E-state index contributed by atoms with van der Waals surface area (Å²) < 4.78 is 30.7. The lowest BCUT2D eigenvalue weighted by Crippen LogP contribution is -2.34. The van der Waals surface area contributed by atoms with Gasteiger partial charge in [0, 0.05) is 0 Å². The Hall–Kier alpha value is -1.74. The molecule has 1 rings (SSSR count). The van der Waals surface area contributed by atoms with Crippen LogP contribution in [0.3, 0.4) is 0 Å². The lowest BCUT2D eigenvalue weighted by atomic mass is 10.2. The van der Waals surface area contributed by atoms with Crippen molar-refractivity contribution in [1.29, 1.82) is 5.26 Å². The molecule has 0 aliphatic carbocycles. The molecule has 0 heterocycles. The average molecular weight is 268 g/mol. The summed E-state index contributed by atoms with van der Waals surface area (Å²) in [5, 5.41) is 9.00. The van der Waals surface area contributed by atoms with Gasteiger partial charge in [0.05, 0.1) is 17.4 Å². The molecule has 0 saturated heterocycles. The molecule has 0 aliphatic rings. The van der Waals surface area contributed by atoms with Gasteiger partial charge in [0.1, 0.15) is 17.5 Å². The van der Waals surface area contributed by atoms with E-state index in [1.54, 1.807) is 32.9 Å². The van der Waals surface area contributed by atoms with Gasteiger partial charge in [-0.15, -0.1) is 0 Å². The molecule has 0 aromatic heterocycles.